The molecule has 0 saturated carbocycles. The third-order valence-electron chi connectivity index (χ3n) is 1.16. The van der Waals surface area contributed by atoms with Gasteiger partial charge in [-0.25, -0.2) is 4.98 Å². The Balaban J connectivity index is 2.95. The van der Waals surface area contributed by atoms with E-state index < -0.39 is 6.61 Å². The summed E-state index contributed by atoms with van der Waals surface area (Å²) in [6, 6.07) is 2.96. The van der Waals surface area contributed by atoms with Crippen molar-refractivity contribution in [3.05, 3.63) is 22.4 Å². The highest BCUT2D eigenvalue weighted by molar-refractivity contribution is 9.10. The Labute approximate surface area is 81.1 Å². The molecular formula is C7H3BrF2N2O. The first-order valence-corrected chi connectivity index (χ1v) is 3.93. The van der Waals surface area contributed by atoms with Crippen LogP contribution < -0.4 is 4.74 Å². The van der Waals surface area contributed by atoms with Crippen LogP contribution in [-0.2, 0) is 0 Å². The topological polar surface area (TPSA) is 45.9 Å². The Morgan fingerprint density at radius 2 is 2.31 bits per heavy atom. The predicted octanol–water partition coefficient (Wildman–Crippen LogP) is 2.32. The first-order valence-electron chi connectivity index (χ1n) is 3.14. The quantitative estimate of drug-likeness (QED) is 0.755. The van der Waals surface area contributed by atoms with Gasteiger partial charge in [-0.1, -0.05) is 0 Å². The summed E-state index contributed by atoms with van der Waals surface area (Å²) in [5, 5.41) is 8.51. The molecule has 13 heavy (non-hydrogen) atoms. The molecule has 1 heterocycles. The largest absolute Gasteiger partial charge is 0.433 e. The van der Waals surface area contributed by atoms with Crippen molar-refractivity contribution in [1.29, 1.82) is 5.26 Å². The number of rotatable bonds is 2. The van der Waals surface area contributed by atoms with Crippen molar-refractivity contribution in [3.63, 3.8) is 0 Å². The number of alkyl halides is 2. The molecule has 0 aromatic carbocycles. The molecule has 3 nitrogen and oxygen atoms in total. The van der Waals surface area contributed by atoms with E-state index in [4.69, 9.17) is 5.26 Å². The van der Waals surface area contributed by atoms with Crippen LogP contribution in [0.15, 0.2) is 16.9 Å². The standard InChI is InChI=1S/C7H3BrF2N2O/c8-6-4(2-11)1-5(3-12-6)13-7(9)10/h1,3,7H. The fourth-order valence-electron chi connectivity index (χ4n) is 0.675. The van der Waals surface area contributed by atoms with E-state index >= 15 is 0 Å². The first-order chi connectivity index (χ1) is 6.13. The van der Waals surface area contributed by atoms with E-state index in [1.165, 1.54) is 6.07 Å². The van der Waals surface area contributed by atoms with E-state index in [0.717, 1.165) is 6.20 Å². The molecule has 1 rings (SSSR count). The lowest BCUT2D eigenvalue weighted by atomic mass is 10.3. The number of halogens is 3. The molecule has 68 valence electrons. The van der Waals surface area contributed by atoms with Crippen LogP contribution in [0.1, 0.15) is 5.56 Å². The molecule has 0 aliphatic rings. The van der Waals surface area contributed by atoms with Crippen molar-refractivity contribution < 1.29 is 13.5 Å². The predicted molar refractivity (Wildman–Crippen MR) is 43.3 cm³/mol. The van der Waals surface area contributed by atoms with Crippen LogP contribution in [0.25, 0.3) is 0 Å². The van der Waals surface area contributed by atoms with Gasteiger partial charge in [-0.3, -0.25) is 0 Å². The number of aromatic nitrogens is 1. The van der Waals surface area contributed by atoms with Crippen LogP contribution in [0, 0.1) is 11.3 Å². The average Bonchev–Trinajstić information content (AvgIpc) is 2.07. The zero-order valence-corrected chi connectivity index (χ0v) is 7.75. The third kappa shape index (κ3) is 2.63. The van der Waals surface area contributed by atoms with Crippen molar-refractivity contribution in [1.82, 2.24) is 4.98 Å². The molecule has 6 heteroatoms. The Hall–Kier alpha value is -1.22. The van der Waals surface area contributed by atoms with E-state index in [9.17, 15) is 8.78 Å². The molecule has 0 radical (unpaired) electrons. The minimum Gasteiger partial charge on any atom is -0.433 e. The lowest BCUT2D eigenvalue weighted by molar-refractivity contribution is -0.0501. The van der Waals surface area contributed by atoms with E-state index in [0.29, 0.717) is 4.60 Å². The Bertz CT molecular complexity index is 351. The summed E-state index contributed by atoms with van der Waals surface area (Å²) in [6.45, 7) is -2.91. The second-order valence-corrected chi connectivity index (χ2v) is 2.75. The van der Waals surface area contributed by atoms with Gasteiger partial charge < -0.3 is 4.74 Å². The first kappa shape index (κ1) is 9.86. The number of nitriles is 1. The monoisotopic (exact) mass is 248 g/mol. The van der Waals surface area contributed by atoms with Gasteiger partial charge in [-0.15, -0.1) is 0 Å². The minimum absolute atomic E-state index is 0.130. The molecule has 1 aromatic rings. The van der Waals surface area contributed by atoms with Crippen LogP contribution in [0.2, 0.25) is 0 Å². The lowest BCUT2D eigenvalue weighted by Crippen LogP contribution is -2.02. The maximum Gasteiger partial charge on any atom is 0.387 e. The lowest BCUT2D eigenvalue weighted by Gasteiger charge is -2.03. The van der Waals surface area contributed by atoms with Gasteiger partial charge in [0.15, 0.2) is 0 Å². The van der Waals surface area contributed by atoms with Crippen LogP contribution >= 0.6 is 15.9 Å². The number of hydrogen-bond donors (Lipinski definition) is 0. The molecule has 0 unspecified atom stereocenters. The highest BCUT2D eigenvalue weighted by atomic mass is 79.9. The fourth-order valence-corrected chi connectivity index (χ4v) is 0.980. The van der Waals surface area contributed by atoms with Gasteiger partial charge in [0, 0.05) is 6.07 Å². The summed E-state index contributed by atoms with van der Waals surface area (Å²) in [5.41, 5.74) is 0.151. The van der Waals surface area contributed by atoms with Crippen molar-refractivity contribution in [2.45, 2.75) is 6.61 Å². The molecule has 0 fully saturated rings. The van der Waals surface area contributed by atoms with Gasteiger partial charge in [0.2, 0.25) is 0 Å². The smallest absolute Gasteiger partial charge is 0.387 e. The second kappa shape index (κ2) is 4.14. The number of hydrogen-bond acceptors (Lipinski definition) is 3. The van der Waals surface area contributed by atoms with E-state index in [1.54, 1.807) is 6.07 Å². The van der Waals surface area contributed by atoms with Gasteiger partial charge in [0.05, 0.1) is 11.8 Å². The van der Waals surface area contributed by atoms with Crippen LogP contribution in [0.5, 0.6) is 5.75 Å². The van der Waals surface area contributed by atoms with Crippen molar-refractivity contribution in [3.8, 4) is 11.8 Å². The molecule has 0 bridgehead atoms. The normalized spacial score (nSPS) is 9.77. The summed E-state index contributed by atoms with van der Waals surface area (Å²) < 4.78 is 27.8. The van der Waals surface area contributed by atoms with Crippen LogP contribution in [0.4, 0.5) is 8.78 Å². The van der Waals surface area contributed by atoms with Gasteiger partial charge in [0.1, 0.15) is 16.4 Å². The molecule has 0 aliphatic heterocycles. The zero-order chi connectivity index (χ0) is 9.84. The summed E-state index contributed by atoms with van der Waals surface area (Å²) >= 11 is 2.98. The highest BCUT2D eigenvalue weighted by Gasteiger charge is 2.07. The van der Waals surface area contributed by atoms with Gasteiger partial charge in [-0.05, 0) is 15.9 Å². The van der Waals surface area contributed by atoms with E-state index in [-0.39, 0.29) is 11.3 Å². The third-order valence-corrected chi connectivity index (χ3v) is 1.79. The Morgan fingerprint density at radius 1 is 1.62 bits per heavy atom. The van der Waals surface area contributed by atoms with Crippen LogP contribution in [0.3, 0.4) is 0 Å². The maximum absolute atomic E-state index is 11.7. The number of nitrogens with zero attached hydrogens (tertiary/aromatic N) is 2. The van der Waals surface area contributed by atoms with Crippen molar-refractivity contribution in [2.75, 3.05) is 0 Å². The van der Waals surface area contributed by atoms with E-state index in [1.807, 2.05) is 0 Å². The molecule has 0 spiro atoms. The summed E-state index contributed by atoms with van der Waals surface area (Å²) in [4.78, 5) is 3.64. The highest BCUT2D eigenvalue weighted by Crippen LogP contribution is 2.19. The maximum atomic E-state index is 11.7. The van der Waals surface area contributed by atoms with Crippen molar-refractivity contribution in [2.24, 2.45) is 0 Å². The molecular weight excluding hydrogens is 246 g/mol. The molecule has 1 aromatic heterocycles. The van der Waals surface area contributed by atoms with Crippen LogP contribution in [-0.4, -0.2) is 11.6 Å². The summed E-state index contributed by atoms with van der Waals surface area (Å²) in [5.74, 6) is -0.130. The Kier molecular flexibility index (Phi) is 3.14. The molecule has 0 atom stereocenters. The molecule has 0 amide bonds. The van der Waals surface area contributed by atoms with E-state index in [2.05, 4.69) is 25.7 Å². The number of pyridine rings is 1. The fraction of sp³-hybridized carbons (Fsp3) is 0.143. The molecule has 0 N–H and O–H groups in total. The summed E-state index contributed by atoms with van der Waals surface area (Å²) in [7, 11) is 0. The zero-order valence-electron chi connectivity index (χ0n) is 6.17. The minimum atomic E-state index is -2.91. The van der Waals surface area contributed by atoms with Gasteiger partial charge >= 0.3 is 6.61 Å². The molecule has 0 saturated heterocycles. The summed E-state index contributed by atoms with van der Waals surface area (Å²) in [6.07, 6.45) is 1.11. The SMILES string of the molecule is N#Cc1cc(OC(F)F)cnc1Br. The Morgan fingerprint density at radius 3 is 2.85 bits per heavy atom. The number of ether oxygens (including phenoxy) is 1. The van der Waals surface area contributed by atoms with Gasteiger partial charge in [0.25, 0.3) is 0 Å². The average molecular weight is 249 g/mol. The molecule has 0 aliphatic carbocycles. The van der Waals surface area contributed by atoms with Crippen molar-refractivity contribution >= 4 is 15.9 Å². The van der Waals surface area contributed by atoms with Gasteiger partial charge in [-0.2, -0.15) is 14.0 Å². The second-order valence-electron chi connectivity index (χ2n) is 2.00.